The number of hydrogen-bond donors (Lipinski definition) is 1. The molecule has 1 aliphatic carbocycles. The molecule has 0 unspecified atom stereocenters. The van der Waals surface area contributed by atoms with Gasteiger partial charge in [-0.1, -0.05) is 17.7 Å². The Labute approximate surface area is 96.0 Å². The molecule has 0 heterocycles. The monoisotopic (exact) mass is 224 g/mol. The largest absolute Gasteiger partial charge is 0.369 e. The molecule has 1 saturated carbocycles. The minimum Gasteiger partial charge on any atom is -0.369 e. The summed E-state index contributed by atoms with van der Waals surface area (Å²) in [5.41, 5.74) is 8.05. The van der Waals surface area contributed by atoms with Gasteiger partial charge in [0.05, 0.1) is 0 Å². The van der Waals surface area contributed by atoms with E-state index in [0.717, 1.165) is 17.1 Å². The molecule has 1 aromatic carbocycles. The molecule has 1 fully saturated rings. The zero-order valence-electron chi connectivity index (χ0n) is 9.04. The van der Waals surface area contributed by atoms with Gasteiger partial charge < -0.3 is 10.6 Å². The first-order chi connectivity index (χ1) is 7.27. The molecule has 3 heteroatoms. The highest BCUT2D eigenvalue weighted by Crippen LogP contribution is 2.35. The third kappa shape index (κ3) is 2.11. The summed E-state index contributed by atoms with van der Waals surface area (Å²) in [5, 5.41) is 0.786. The van der Waals surface area contributed by atoms with Crippen molar-refractivity contribution in [1.82, 2.24) is 0 Å². The van der Waals surface area contributed by atoms with Crippen molar-refractivity contribution in [3.8, 4) is 0 Å². The van der Waals surface area contributed by atoms with Crippen molar-refractivity contribution >= 4 is 17.3 Å². The number of nitrogens with two attached hydrogens (primary N) is 1. The summed E-state index contributed by atoms with van der Waals surface area (Å²) in [6.07, 6.45) is 2.59. The van der Waals surface area contributed by atoms with Crippen LogP contribution in [0.2, 0.25) is 5.02 Å². The molecule has 0 saturated heterocycles. The third-order valence-corrected chi connectivity index (χ3v) is 3.29. The van der Waals surface area contributed by atoms with Crippen LogP contribution in [0.15, 0.2) is 18.2 Å². The lowest BCUT2D eigenvalue weighted by Gasteiger charge is -2.25. The molecule has 1 aromatic rings. The van der Waals surface area contributed by atoms with Crippen LogP contribution in [0.25, 0.3) is 0 Å². The molecule has 0 bridgehead atoms. The third-order valence-electron chi connectivity index (χ3n) is 2.94. The van der Waals surface area contributed by atoms with E-state index in [2.05, 4.69) is 17.9 Å². The zero-order valence-corrected chi connectivity index (χ0v) is 9.80. The number of nitrogens with zero attached hydrogens (tertiary/aromatic N) is 1. The van der Waals surface area contributed by atoms with Crippen LogP contribution in [-0.2, 0) is 6.54 Å². The second kappa shape index (κ2) is 4.42. The maximum atomic E-state index is 6.15. The highest BCUT2D eigenvalue weighted by molar-refractivity contribution is 6.31. The molecule has 1 aliphatic rings. The van der Waals surface area contributed by atoms with Gasteiger partial charge in [-0.3, -0.25) is 0 Å². The normalized spacial score (nSPS) is 15.4. The lowest BCUT2D eigenvalue weighted by molar-refractivity contribution is 0.816. The molecule has 15 heavy (non-hydrogen) atoms. The predicted octanol–water partition coefficient (Wildman–Crippen LogP) is 2.79. The number of halogens is 1. The van der Waals surface area contributed by atoms with Gasteiger partial charge in [0, 0.05) is 35.4 Å². The van der Waals surface area contributed by atoms with E-state index in [1.54, 1.807) is 0 Å². The van der Waals surface area contributed by atoms with E-state index in [1.165, 1.54) is 18.5 Å². The van der Waals surface area contributed by atoms with Gasteiger partial charge in [-0.05, 0) is 31.9 Å². The Bertz CT molecular complexity index is 347. The van der Waals surface area contributed by atoms with Crippen LogP contribution < -0.4 is 10.6 Å². The van der Waals surface area contributed by atoms with Crippen molar-refractivity contribution in [2.45, 2.75) is 32.4 Å². The molecule has 0 aromatic heterocycles. The quantitative estimate of drug-likeness (QED) is 0.852. The molecule has 2 nitrogen and oxygen atoms in total. The molecule has 0 radical (unpaired) electrons. The summed E-state index contributed by atoms with van der Waals surface area (Å²) >= 11 is 6.15. The van der Waals surface area contributed by atoms with Crippen molar-refractivity contribution < 1.29 is 0 Å². The minimum absolute atomic E-state index is 0.512. The molecular weight excluding hydrogens is 208 g/mol. The molecule has 0 aliphatic heterocycles. The Kier molecular flexibility index (Phi) is 3.17. The predicted molar refractivity (Wildman–Crippen MR) is 65.4 cm³/mol. The van der Waals surface area contributed by atoms with E-state index in [9.17, 15) is 0 Å². The van der Waals surface area contributed by atoms with Gasteiger partial charge in [-0.15, -0.1) is 0 Å². The van der Waals surface area contributed by atoms with Gasteiger partial charge in [-0.25, -0.2) is 0 Å². The van der Waals surface area contributed by atoms with E-state index >= 15 is 0 Å². The van der Waals surface area contributed by atoms with Crippen molar-refractivity contribution in [2.75, 3.05) is 11.4 Å². The van der Waals surface area contributed by atoms with Crippen LogP contribution in [0.3, 0.4) is 0 Å². The highest BCUT2D eigenvalue weighted by Gasteiger charge is 2.29. The molecule has 2 N–H and O–H groups in total. The molecular formula is C12H17ClN2. The number of hydrogen-bond acceptors (Lipinski definition) is 2. The lowest BCUT2D eigenvalue weighted by atomic mass is 10.1. The summed E-state index contributed by atoms with van der Waals surface area (Å²) in [5.74, 6) is 0. The first-order valence-electron chi connectivity index (χ1n) is 5.52. The lowest BCUT2D eigenvalue weighted by Crippen LogP contribution is -2.26. The van der Waals surface area contributed by atoms with E-state index in [4.69, 9.17) is 17.3 Å². The van der Waals surface area contributed by atoms with E-state index in [-0.39, 0.29) is 0 Å². The van der Waals surface area contributed by atoms with Gasteiger partial charge in [0.1, 0.15) is 0 Å². The Morgan fingerprint density at radius 2 is 2.20 bits per heavy atom. The van der Waals surface area contributed by atoms with Crippen LogP contribution in [0, 0.1) is 0 Å². The summed E-state index contributed by atoms with van der Waals surface area (Å²) in [4.78, 5) is 2.41. The number of benzene rings is 1. The highest BCUT2D eigenvalue weighted by atomic mass is 35.5. The Hall–Kier alpha value is -0.730. The summed E-state index contributed by atoms with van der Waals surface area (Å²) in [6, 6.07) is 6.74. The molecule has 2 rings (SSSR count). The summed E-state index contributed by atoms with van der Waals surface area (Å²) < 4.78 is 0. The smallest absolute Gasteiger partial charge is 0.0471 e. The van der Waals surface area contributed by atoms with Gasteiger partial charge in [-0.2, -0.15) is 0 Å². The average Bonchev–Trinajstić information content (AvgIpc) is 3.04. The summed E-state index contributed by atoms with van der Waals surface area (Å²) in [6.45, 7) is 3.72. The van der Waals surface area contributed by atoms with Crippen molar-refractivity contribution in [3.05, 3.63) is 28.8 Å². The van der Waals surface area contributed by atoms with Crippen LogP contribution >= 0.6 is 11.6 Å². The van der Waals surface area contributed by atoms with Crippen molar-refractivity contribution in [2.24, 2.45) is 5.73 Å². The Morgan fingerprint density at radius 3 is 2.73 bits per heavy atom. The fourth-order valence-electron chi connectivity index (χ4n) is 2.03. The second-order valence-electron chi connectivity index (χ2n) is 3.96. The van der Waals surface area contributed by atoms with Crippen LogP contribution in [0.5, 0.6) is 0 Å². The number of rotatable bonds is 4. The summed E-state index contributed by atoms with van der Waals surface area (Å²) in [7, 11) is 0. The van der Waals surface area contributed by atoms with Crippen LogP contribution in [0.4, 0.5) is 5.69 Å². The topological polar surface area (TPSA) is 29.3 Å². The Balaban J connectivity index is 2.36. The second-order valence-corrected chi connectivity index (χ2v) is 4.37. The maximum absolute atomic E-state index is 6.15. The van der Waals surface area contributed by atoms with Gasteiger partial charge in [0.2, 0.25) is 0 Å². The Morgan fingerprint density at radius 1 is 1.47 bits per heavy atom. The maximum Gasteiger partial charge on any atom is 0.0471 e. The fourth-order valence-corrected chi connectivity index (χ4v) is 2.28. The van der Waals surface area contributed by atoms with Gasteiger partial charge in [0.25, 0.3) is 0 Å². The minimum atomic E-state index is 0.512. The standard InChI is InChI=1S/C12H17ClN2/c1-2-15(9-6-7-9)12-5-3-4-11(13)10(12)8-14/h3-5,9H,2,6-8,14H2,1H3. The van der Waals surface area contributed by atoms with Crippen molar-refractivity contribution in [1.29, 1.82) is 0 Å². The first kappa shape index (κ1) is 10.8. The van der Waals surface area contributed by atoms with Crippen molar-refractivity contribution in [3.63, 3.8) is 0 Å². The van der Waals surface area contributed by atoms with Crippen LogP contribution in [0.1, 0.15) is 25.3 Å². The van der Waals surface area contributed by atoms with E-state index in [0.29, 0.717) is 12.6 Å². The van der Waals surface area contributed by atoms with E-state index in [1.807, 2.05) is 12.1 Å². The molecule has 0 amide bonds. The fraction of sp³-hybridized carbons (Fsp3) is 0.500. The SMILES string of the molecule is CCN(c1cccc(Cl)c1CN)C1CC1. The average molecular weight is 225 g/mol. The molecule has 0 atom stereocenters. The van der Waals surface area contributed by atoms with Crippen LogP contribution in [-0.4, -0.2) is 12.6 Å². The van der Waals surface area contributed by atoms with E-state index < -0.39 is 0 Å². The molecule has 82 valence electrons. The van der Waals surface area contributed by atoms with Gasteiger partial charge in [0.15, 0.2) is 0 Å². The molecule has 0 spiro atoms. The number of anilines is 1. The van der Waals surface area contributed by atoms with Gasteiger partial charge >= 0.3 is 0 Å². The zero-order chi connectivity index (χ0) is 10.8. The first-order valence-corrected chi connectivity index (χ1v) is 5.89.